The molecular formula is C11H17NOS. The van der Waals surface area contributed by atoms with Crippen molar-refractivity contribution in [2.45, 2.75) is 26.7 Å². The second-order valence-corrected chi connectivity index (χ2v) is 4.72. The number of carbonyl (C=O) groups excluding carboxylic acids is 1. The third-order valence-corrected chi connectivity index (χ3v) is 3.46. The van der Waals surface area contributed by atoms with Crippen LogP contribution in [0, 0.1) is 17.8 Å². The average molecular weight is 211 g/mol. The van der Waals surface area contributed by atoms with Gasteiger partial charge in [0.15, 0.2) is 0 Å². The van der Waals surface area contributed by atoms with Crippen LogP contribution in [0.1, 0.15) is 26.7 Å². The molecule has 1 aliphatic carbocycles. The van der Waals surface area contributed by atoms with Crippen LogP contribution in [-0.2, 0) is 4.79 Å². The van der Waals surface area contributed by atoms with Gasteiger partial charge in [-0.15, -0.1) is 0 Å². The molecule has 0 spiro atoms. The topological polar surface area (TPSA) is 43.1 Å². The summed E-state index contributed by atoms with van der Waals surface area (Å²) in [5.41, 5.74) is 6.69. The van der Waals surface area contributed by atoms with Gasteiger partial charge in [-0.25, -0.2) is 0 Å². The fraction of sp³-hybridized carbons (Fsp3) is 0.636. The molecule has 0 aliphatic heterocycles. The van der Waals surface area contributed by atoms with E-state index < -0.39 is 0 Å². The molecule has 0 saturated heterocycles. The van der Waals surface area contributed by atoms with Gasteiger partial charge in [-0.3, -0.25) is 4.79 Å². The minimum absolute atomic E-state index is 0.0110. The Morgan fingerprint density at radius 2 is 2.21 bits per heavy atom. The number of rotatable bonds is 2. The number of hydrogen-bond donors (Lipinski definition) is 1. The first-order valence-electron chi connectivity index (χ1n) is 4.91. The summed E-state index contributed by atoms with van der Waals surface area (Å²) < 4.78 is 0. The summed E-state index contributed by atoms with van der Waals surface area (Å²) in [5, 5.41) is 0. The third-order valence-electron chi connectivity index (χ3n) is 3.16. The Kier molecular flexibility index (Phi) is 3.43. The molecule has 1 fully saturated rings. The van der Waals surface area contributed by atoms with E-state index in [0.29, 0.717) is 11.4 Å². The van der Waals surface area contributed by atoms with Crippen LogP contribution in [0.5, 0.6) is 0 Å². The molecule has 0 aromatic rings. The van der Waals surface area contributed by atoms with Crippen molar-refractivity contribution in [2.75, 3.05) is 0 Å². The first-order chi connectivity index (χ1) is 6.43. The van der Waals surface area contributed by atoms with Gasteiger partial charge in [0, 0.05) is 18.3 Å². The predicted octanol–water partition coefficient (Wildman–Crippen LogP) is 2.08. The van der Waals surface area contributed by atoms with Crippen molar-refractivity contribution in [1.29, 1.82) is 0 Å². The first kappa shape index (κ1) is 11.4. The van der Waals surface area contributed by atoms with Crippen molar-refractivity contribution in [3.63, 3.8) is 0 Å². The summed E-state index contributed by atoms with van der Waals surface area (Å²) in [5.74, 6) is 0.586. The Bertz CT molecular complexity index is 285. The van der Waals surface area contributed by atoms with E-state index in [9.17, 15) is 4.79 Å². The zero-order valence-corrected chi connectivity index (χ0v) is 9.56. The fourth-order valence-electron chi connectivity index (χ4n) is 1.99. The quantitative estimate of drug-likeness (QED) is 0.562. The lowest BCUT2D eigenvalue weighted by Gasteiger charge is -2.32. The molecule has 3 heteroatoms. The molecule has 2 N–H and O–H groups in total. The first-order valence-corrected chi connectivity index (χ1v) is 5.31. The molecule has 0 amide bonds. The van der Waals surface area contributed by atoms with Gasteiger partial charge >= 0.3 is 0 Å². The highest BCUT2D eigenvalue weighted by Gasteiger charge is 2.35. The van der Waals surface area contributed by atoms with Gasteiger partial charge in [0.05, 0.1) is 4.99 Å². The molecule has 3 unspecified atom stereocenters. The lowest BCUT2D eigenvalue weighted by atomic mass is 9.72. The number of Topliss-reactive ketones (excluding diaryl/α,β-unsaturated/α-hetero) is 1. The minimum Gasteiger partial charge on any atom is -0.393 e. The van der Waals surface area contributed by atoms with E-state index in [1.54, 1.807) is 0 Å². The fourth-order valence-corrected chi connectivity index (χ4v) is 2.29. The molecule has 1 rings (SSSR count). The van der Waals surface area contributed by atoms with E-state index in [4.69, 9.17) is 18.0 Å². The molecule has 1 saturated carbocycles. The molecule has 3 atom stereocenters. The highest BCUT2D eigenvalue weighted by molar-refractivity contribution is 7.80. The lowest BCUT2D eigenvalue weighted by Crippen LogP contribution is -2.38. The SMILES string of the molecule is C=C(C)C1CC(=O)C(C)C(C(N)=S)C1. The standard InChI is InChI=1S/C11H17NOS/c1-6(2)8-4-9(11(12)14)7(3)10(13)5-8/h7-9H,1,4-5H2,2-3H3,(H2,12,14). The van der Waals surface area contributed by atoms with E-state index in [1.807, 2.05) is 13.8 Å². The van der Waals surface area contributed by atoms with Crippen molar-refractivity contribution in [1.82, 2.24) is 0 Å². The van der Waals surface area contributed by atoms with Crippen molar-refractivity contribution in [3.05, 3.63) is 12.2 Å². The maximum Gasteiger partial charge on any atom is 0.136 e. The average Bonchev–Trinajstić information content (AvgIpc) is 2.08. The second-order valence-electron chi connectivity index (χ2n) is 4.25. The van der Waals surface area contributed by atoms with Crippen LogP contribution in [0.2, 0.25) is 0 Å². The predicted molar refractivity (Wildman–Crippen MR) is 62.0 cm³/mol. The summed E-state index contributed by atoms with van der Waals surface area (Å²) in [6.07, 6.45) is 1.49. The monoisotopic (exact) mass is 211 g/mol. The van der Waals surface area contributed by atoms with E-state index in [2.05, 4.69) is 6.58 Å². The molecule has 1 aliphatic rings. The van der Waals surface area contributed by atoms with Crippen LogP contribution in [0.3, 0.4) is 0 Å². The number of allylic oxidation sites excluding steroid dienone is 1. The van der Waals surface area contributed by atoms with Crippen LogP contribution in [-0.4, -0.2) is 10.8 Å². The van der Waals surface area contributed by atoms with Gasteiger partial charge in [0.1, 0.15) is 5.78 Å². The molecular weight excluding hydrogens is 194 g/mol. The molecule has 0 radical (unpaired) electrons. The normalized spacial score (nSPS) is 32.7. The van der Waals surface area contributed by atoms with Crippen molar-refractivity contribution < 1.29 is 4.79 Å². The van der Waals surface area contributed by atoms with Crippen LogP contribution in [0.4, 0.5) is 0 Å². The van der Waals surface area contributed by atoms with Gasteiger partial charge in [0.25, 0.3) is 0 Å². The Morgan fingerprint density at radius 3 is 2.64 bits per heavy atom. The summed E-state index contributed by atoms with van der Waals surface area (Å²) in [6, 6.07) is 0. The summed E-state index contributed by atoms with van der Waals surface area (Å²) in [4.78, 5) is 12.1. The van der Waals surface area contributed by atoms with E-state index in [1.165, 1.54) is 0 Å². The van der Waals surface area contributed by atoms with Gasteiger partial charge in [-0.1, -0.05) is 31.3 Å². The Labute approximate surface area is 90.6 Å². The Morgan fingerprint density at radius 1 is 1.64 bits per heavy atom. The maximum atomic E-state index is 11.7. The van der Waals surface area contributed by atoms with Crippen molar-refractivity contribution in [3.8, 4) is 0 Å². The van der Waals surface area contributed by atoms with Crippen LogP contribution in [0.25, 0.3) is 0 Å². The molecule has 0 aromatic carbocycles. The van der Waals surface area contributed by atoms with Crippen molar-refractivity contribution in [2.24, 2.45) is 23.5 Å². The highest BCUT2D eigenvalue weighted by Crippen LogP contribution is 2.34. The van der Waals surface area contributed by atoms with Gasteiger partial charge in [-0.2, -0.15) is 0 Å². The number of ketones is 1. The Balaban J connectivity index is 2.81. The summed E-state index contributed by atoms with van der Waals surface area (Å²) in [6.45, 7) is 7.78. The maximum absolute atomic E-state index is 11.7. The molecule has 0 aromatic heterocycles. The zero-order chi connectivity index (χ0) is 10.9. The van der Waals surface area contributed by atoms with Crippen molar-refractivity contribution >= 4 is 23.0 Å². The van der Waals surface area contributed by atoms with Crippen LogP contribution < -0.4 is 5.73 Å². The van der Waals surface area contributed by atoms with E-state index >= 15 is 0 Å². The van der Waals surface area contributed by atoms with E-state index in [0.717, 1.165) is 12.0 Å². The van der Waals surface area contributed by atoms with Crippen LogP contribution in [0.15, 0.2) is 12.2 Å². The number of nitrogens with two attached hydrogens (primary N) is 1. The van der Waals surface area contributed by atoms with Crippen LogP contribution >= 0.6 is 12.2 Å². The molecule has 0 heterocycles. The molecule has 78 valence electrons. The summed E-state index contributed by atoms with van der Waals surface area (Å²) >= 11 is 4.98. The van der Waals surface area contributed by atoms with Gasteiger partial charge < -0.3 is 5.73 Å². The number of carbonyl (C=O) groups is 1. The number of hydrogen-bond acceptors (Lipinski definition) is 2. The molecule has 0 bridgehead atoms. The molecule has 2 nitrogen and oxygen atoms in total. The summed E-state index contributed by atoms with van der Waals surface area (Å²) in [7, 11) is 0. The lowest BCUT2D eigenvalue weighted by molar-refractivity contribution is -0.126. The van der Waals surface area contributed by atoms with Gasteiger partial charge in [0.2, 0.25) is 0 Å². The molecule has 14 heavy (non-hydrogen) atoms. The number of thiocarbonyl (C=S) groups is 1. The largest absolute Gasteiger partial charge is 0.393 e. The minimum atomic E-state index is -0.0110. The smallest absolute Gasteiger partial charge is 0.136 e. The van der Waals surface area contributed by atoms with E-state index in [-0.39, 0.29) is 23.5 Å². The Hall–Kier alpha value is -0.700. The third kappa shape index (κ3) is 2.21. The van der Waals surface area contributed by atoms with Gasteiger partial charge in [-0.05, 0) is 19.3 Å². The second kappa shape index (κ2) is 4.22. The highest BCUT2D eigenvalue weighted by atomic mass is 32.1. The zero-order valence-electron chi connectivity index (χ0n) is 8.75.